The van der Waals surface area contributed by atoms with Gasteiger partial charge < -0.3 is 9.47 Å². The zero-order valence-electron chi connectivity index (χ0n) is 14.7. The molecule has 5 nitrogen and oxygen atoms in total. The molecule has 134 valence electrons. The van der Waals surface area contributed by atoms with Gasteiger partial charge in [0.15, 0.2) is 0 Å². The van der Waals surface area contributed by atoms with Gasteiger partial charge in [-0.1, -0.05) is 43.0 Å². The van der Waals surface area contributed by atoms with Gasteiger partial charge in [0, 0.05) is 16.3 Å². The molecule has 0 N–H and O–H groups in total. The molecular formula is C21H21NO4. The summed E-state index contributed by atoms with van der Waals surface area (Å²) >= 11 is 0. The number of nitrogens with zero attached hydrogens (tertiary/aromatic N) is 1. The lowest BCUT2D eigenvalue weighted by Crippen LogP contribution is -2.14. The van der Waals surface area contributed by atoms with Crippen LogP contribution in [0.1, 0.15) is 19.8 Å². The lowest BCUT2D eigenvalue weighted by atomic mass is 10.2. The summed E-state index contributed by atoms with van der Waals surface area (Å²) < 4.78 is 12.0. The number of fused-ring (bicyclic) bond motifs is 3. The average molecular weight is 351 g/mol. The van der Waals surface area contributed by atoms with Crippen molar-refractivity contribution >= 4 is 33.9 Å². The molecular weight excluding hydrogens is 330 g/mol. The molecule has 0 amide bonds. The van der Waals surface area contributed by atoms with Crippen LogP contribution in [0.3, 0.4) is 0 Å². The molecule has 0 atom stereocenters. The molecule has 0 aliphatic carbocycles. The van der Waals surface area contributed by atoms with Crippen molar-refractivity contribution in [2.75, 3.05) is 13.2 Å². The molecule has 0 radical (unpaired) electrons. The predicted molar refractivity (Wildman–Crippen MR) is 101 cm³/mol. The number of aromatic nitrogens is 1. The van der Waals surface area contributed by atoms with Gasteiger partial charge >= 0.3 is 12.1 Å². The Kier molecular flexibility index (Phi) is 5.37. The monoisotopic (exact) mass is 351 g/mol. The number of rotatable bonds is 6. The van der Waals surface area contributed by atoms with Crippen molar-refractivity contribution < 1.29 is 19.1 Å². The fourth-order valence-corrected chi connectivity index (χ4v) is 2.84. The molecule has 1 aromatic heterocycles. The number of ether oxygens (including phenoxy) is 2. The van der Waals surface area contributed by atoms with Gasteiger partial charge in [-0.15, -0.1) is 0 Å². The van der Waals surface area contributed by atoms with E-state index in [1.807, 2.05) is 48.5 Å². The first-order valence-electron chi connectivity index (χ1n) is 8.57. The number of hydrogen-bond donors (Lipinski definition) is 0. The van der Waals surface area contributed by atoms with E-state index in [4.69, 9.17) is 9.47 Å². The summed E-state index contributed by atoms with van der Waals surface area (Å²) in [6, 6.07) is 15.5. The zero-order chi connectivity index (χ0) is 18.5. The van der Waals surface area contributed by atoms with E-state index in [0.29, 0.717) is 25.0 Å². The minimum atomic E-state index is -0.402. The summed E-state index contributed by atoms with van der Waals surface area (Å²) in [6.07, 6.45) is 0.840. The predicted octanol–water partition coefficient (Wildman–Crippen LogP) is 4.68. The molecule has 2 aromatic carbocycles. The van der Waals surface area contributed by atoms with Crippen LogP contribution in [0.2, 0.25) is 0 Å². The largest absolute Gasteiger partial charge is 0.462 e. The molecule has 0 aliphatic rings. The molecule has 1 heterocycles. The van der Waals surface area contributed by atoms with Crippen molar-refractivity contribution in [2.45, 2.75) is 19.8 Å². The van der Waals surface area contributed by atoms with Crippen molar-refractivity contribution in [3.63, 3.8) is 0 Å². The maximum Gasteiger partial charge on any atom is 0.418 e. The highest BCUT2D eigenvalue weighted by atomic mass is 16.6. The number of unbranched alkanes of at least 4 members (excludes halogenated alkanes) is 1. The quantitative estimate of drug-likeness (QED) is 0.368. The molecule has 0 unspecified atom stereocenters. The minimum Gasteiger partial charge on any atom is -0.462 e. The summed E-state index contributed by atoms with van der Waals surface area (Å²) in [5.74, 6) is -0.396. The Bertz CT molecular complexity index is 917. The highest BCUT2D eigenvalue weighted by Crippen LogP contribution is 2.28. The molecule has 3 rings (SSSR count). The van der Waals surface area contributed by atoms with Gasteiger partial charge in [-0.05, 0) is 31.9 Å². The molecule has 26 heavy (non-hydrogen) atoms. The Balaban J connectivity index is 1.63. The van der Waals surface area contributed by atoms with E-state index in [0.717, 1.165) is 21.8 Å². The third-order valence-electron chi connectivity index (χ3n) is 4.11. The molecule has 0 saturated heterocycles. The fourth-order valence-electron chi connectivity index (χ4n) is 2.84. The molecule has 3 aromatic rings. The smallest absolute Gasteiger partial charge is 0.418 e. The third-order valence-corrected chi connectivity index (χ3v) is 4.11. The number of benzene rings is 2. The maximum atomic E-state index is 12.6. The Morgan fingerprint density at radius 3 is 1.92 bits per heavy atom. The fraction of sp³-hybridized carbons (Fsp3) is 0.238. The van der Waals surface area contributed by atoms with Crippen LogP contribution in [0.15, 0.2) is 60.7 Å². The van der Waals surface area contributed by atoms with Gasteiger partial charge in [0.25, 0.3) is 0 Å². The molecule has 0 saturated carbocycles. The first-order chi connectivity index (χ1) is 12.6. The number of carbonyl (C=O) groups is 2. The first kappa shape index (κ1) is 17.7. The molecule has 0 bridgehead atoms. The molecule has 0 aliphatic heterocycles. The summed E-state index contributed by atoms with van der Waals surface area (Å²) in [6.45, 7) is 5.69. The standard InChI is InChI=1S/C21H21NO4/c1-15(2)20(23)25-13-7-8-14-26-21(24)22-18-11-5-3-9-16(18)17-10-4-6-12-19(17)22/h3-6,9-12H,1,7-8,13-14H2,2H3. The second kappa shape index (κ2) is 7.87. The van der Waals surface area contributed by atoms with Crippen LogP contribution in [0.25, 0.3) is 21.8 Å². The van der Waals surface area contributed by atoms with E-state index < -0.39 is 12.1 Å². The van der Waals surface area contributed by atoms with Crippen LogP contribution in [0, 0.1) is 0 Å². The van der Waals surface area contributed by atoms with Crippen molar-refractivity contribution in [3.05, 3.63) is 60.7 Å². The van der Waals surface area contributed by atoms with Gasteiger partial charge in [-0.25, -0.2) is 14.2 Å². The van der Waals surface area contributed by atoms with E-state index in [1.54, 1.807) is 11.5 Å². The number of hydrogen-bond acceptors (Lipinski definition) is 4. The van der Waals surface area contributed by atoms with Gasteiger partial charge in [-0.3, -0.25) is 0 Å². The number of para-hydroxylation sites is 2. The van der Waals surface area contributed by atoms with Crippen LogP contribution in [0.4, 0.5) is 4.79 Å². The minimum absolute atomic E-state index is 0.268. The lowest BCUT2D eigenvalue weighted by Gasteiger charge is -2.08. The summed E-state index contributed by atoms with van der Waals surface area (Å²) in [5.41, 5.74) is 2.03. The van der Waals surface area contributed by atoms with Crippen LogP contribution in [0.5, 0.6) is 0 Å². The molecule has 0 fully saturated rings. The van der Waals surface area contributed by atoms with Crippen LogP contribution >= 0.6 is 0 Å². The Morgan fingerprint density at radius 1 is 0.885 bits per heavy atom. The number of esters is 1. The summed E-state index contributed by atoms with van der Waals surface area (Å²) in [5, 5.41) is 2.04. The van der Waals surface area contributed by atoms with Crippen molar-refractivity contribution in [3.8, 4) is 0 Å². The summed E-state index contributed by atoms with van der Waals surface area (Å²) in [4.78, 5) is 23.9. The van der Waals surface area contributed by atoms with Gasteiger partial charge in [0.1, 0.15) is 0 Å². The van der Waals surface area contributed by atoms with Crippen molar-refractivity contribution in [1.82, 2.24) is 4.57 Å². The Labute approximate surface area is 151 Å². The number of carbonyl (C=O) groups excluding carboxylic acids is 2. The van der Waals surface area contributed by atoms with E-state index in [1.165, 1.54) is 0 Å². The highest BCUT2D eigenvalue weighted by Gasteiger charge is 2.16. The van der Waals surface area contributed by atoms with Gasteiger partial charge in [0.2, 0.25) is 0 Å². The third kappa shape index (κ3) is 3.61. The maximum absolute atomic E-state index is 12.6. The summed E-state index contributed by atoms with van der Waals surface area (Å²) in [7, 11) is 0. The van der Waals surface area contributed by atoms with E-state index in [-0.39, 0.29) is 6.61 Å². The van der Waals surface area contributed by atoms with E-state index in [9.17, 15) is 9.59 Å². The van der Waals surface area contributed by atoms with Crippen LogP contribution in [-0.2, 0) is 14.3 Å². The Morgan fingerprint density at radius 2 is 1.38 bits per heavy atom. The average Bonchev–Trinajstić information content (AvgIpc) is 2.98. The SMILES string of the molecule is C=C(C)C(=O)OCCCCOC(=O)n1c2ccccc2c2ccccc21. The van der Waals surface area contributed by atoms with Gasteiger partial charge in [-0.2, -0.15) is 0 Å². The van der Waals surface area contributed by atoms with Crippen LogP contribution in [-0.4, -0.2) is 29.8 Å². The van der Waals surface area contributed by atoms with Crippen LogP contribution < -0.4 is 0 Å². The lowest BCUT2D eigenvalue weighted by molar-refractivity contribution is -0.139. The second-order valence-electron chi connectivity index (χ2n) is 6.11. The highest BCUT2D eigenvalue weighted by molar-refractivity contribution is 6.12. The van der Waals surface area contributed by atoms with E-state index >= 15 is 0 Å². The van der Waals surface area contributed by atoms with Gasteiger partial charge in [0.05, 0.1) is 24.2 Å². The first-order valence-corrected chi connectivity index (χ1v) is 8.57. The van der Waals surface area contributed by atoms with E-state index in [2.05, 4.69) is 6.58 Å². The topological polar surface area (TPSA) is 57.5 Å². The Hall–Kier alpha value is -3.08. The second-order valence-corrected chi connectivity index (χ2v) is 6.11. The van der Waals surface area contributed by atoms with Crippen molar-refractivity contribution in [1.29, 1.82) is 0 Å². The molecule has 5 heteroatoms. The van der Waals surface area contributed by atoms with Crippen molar-refractivity contribution in [2.24, 2.45) is 0 Å². The zero-order valence-corrected chi connectivity index (χ0v) is 14.7. The molecule has 0 spiro atoms. The normalized spacial score (nSPS) is 10.8.